The molecule has 0 saturated heterocycles. The number of aryl methyl sites for hydroxylation is 1. The fraction of sp³-hybridized carbons (Fsp3) is 0.133. The summed E-state index contributed by atoms with van der Waals surface area (Å²) >= 11 is 5.99. The highest BCUT2D eigenvalue weighted by molar-refractivity contribution is 6.32. The second-order valence-electron chi connectivity index (χ2n) is 4.32. The first-order valence-electron chi connectivity index (χ1n) is 5.95. The second-order valence-corrected chi connectivity index (χ2v) is 4.75. The fourth-order valence-corrected chi connectivity index (χ4v) is 1.93. The van der Waals surface area contributed by atoms with E-state index in [-0.39, 0.29) is 5.56 Å². The number of hydrogen-bond donors (Lipinski definition) is 1. The van der Waals surface area contributed by atoms with Crippen LogP contribution in [0.4, 0.5) is 14.5 Å². The average Bonchev–Trinajstić information content (AvgIpc) is 2.47. The van der Waals surface area contributed by atoms with Crippen LogP contribution in [0.15, 0.2) is 42.5 Å². The van der Waals surface area contributed by atoms with Crippen LogP contribution in [0.2, 0.25) is 0 Å². The van der Waals surface area contributed by atoms with Crippen LogP contribution in [0.5, 0.6) is 0 Å². The summed E-state index contributed by atoms with van der Waals surface area (Å²) in [6.45, 7) is 1.49. The Morgan fingerprint density at radius 2 is 1.80 bits per heavy atom. The molecule has 0 aliphatic rings. The van der Waals surface area contributed by atoms with Crippen molar-refractivity contribution >= 4 is 23.2 Å². The maximum absolute atomic E-state index is 13.8. The van der Waals surface area contributed by atoms with Crippen LogP contribution >= 0.6 is 11.6 Å². The molecule has 0 aliphatic heterocycles. The number of anilines is 1. The molecule has 1 atom stereocenters. The second kappa shape index (κ2) is 6.01. The van der Waals surface area contributed by atoms with E-state index in [1.807, 2.05) is 0 Å². The Balaban J connectivity index is 2.23. The molecule has 0 aromatic heterocycles. The lowest BCUT2D eigenvalue weighted by molar-refractivity contribution is -0.116. The van der Waals surface area contributed by atoms with Crippen molar-refractivity contribution in [3.63, 3.8) is 0 Å². The number of nitrogens with one attached hydrogen (secondary N) is 1. The molecule has 5 heteroatoms. The van der Waals surface area contributed by atoms with Crippen LogP contribution in [0.3, 0.4) is 0 Å². The number of benzene rings is 2. The molecule has 2 aromatic carbocycles. The van der Waals surface area contributed by atoms with Crippen molar-refractivity contribution in [2.45, 2.75) is 12.3 Å². The van der Waals surface area contributed by atoms with Gasteiger partial charge in [-0.3, -0.25) is 4.79 Å². The predicted molar refractivity (Wildman–Crippen MR) is 74.8 cm³/mol. The summed E-state index contributed by atoms with van der Waals surface area (Å²) in [6.07, 6.45) is 0. The molecule has 2 nitrogen and oxygen atoms in total. The number of carbonyl (C=O) groups is 1. The summed E-state index contributed by atoms with van der Waals surface area (Å²) in [5.41, 5.74) is 0.323. The summed E-state index contributed by atoms with van der Waals surface area (Å²) in [4.78, 5) is 12.0. The van der Waals surface area contributed by atoms with E-state index in [1.165, 1.54) is 13.0 Å². The molecule has 0 radical (unpaired) electrons. The van der Waals surface area contributed by atoms with Crippen molar-refractivity contribution in [3.8, 4) is 0 Å². The molecule has 1 N–H and O–H groups in total. The monoisotopic (exact) mass is 295 g/mol. The Bertz CT molecular complexity index is 631. The summed E-state index contributed by atoms with van der Waals surface area (Å²) < 4.78 is 27.3. The van der Waals surface area contributed by atoms with Crippen molar-refractivity contribution in [2.75, 3.05) is 5.32 Å². The molecule has 0 bridgehead atoms. The maximum Gasteiger partial charge on any atom is 0.247 e. The van der Waals surface area contributed by atoms with E-state index in [0.29, 0.717) is 5.56 Å². The van der Waals surface area contributed by atoms with E-state index in [1.54, 1.807) is 30.3 Å². The first-order valence-corrected chi connectivity index (χ1v) is 6.39. The van der Waals surface area contributed by atoms with Crippen molar-refractivity contribution in [1.29, 1.82) is 0 Å². The fourth-order valence-electron chi connectivity index (χ4n) is 1.73. The van der Waals surface area contributed by atoms with E-state index >= 15 is 0 Å². The highest BCUT2D eigenvalue weighted by Crippen LogP contribution is 2.26. The number of alkyl halides is 1. The quantitative estimate of drug-likeness (QED) is 0.845. The minimum absolute atomic E-state index is 0.243. The van der Waals surface area contributed by atoms with E-state index in [9.17, 15) is 13.6 Å². The van der Waals surface area contributed by atoms with Gasteiger partial charge in [0.15, 0.2) is 5.82 Å². The molecule has 1 unspecified atom stereocenters. The van der Waals surface area contributed by atoms with Gasteiger partial charge < -0.3 is 5.32 Å². The standard InChI is InChI=1S/C15H12ClF2NO/c1-9-7-8-11(17)14(13(9)18)19-15(20)12(16)10-5-3-2-4-6-10/h2-8,12H,1H3,(H,19,20). The van der Waals surface area contributed by atoms with Crippen LogP contribution in [-0.4, -0.2) is 5.91 Å². The molecule has 0 aliphatic carbocycles. The van der Waals surface area contributed by atoms with E-state index in [4.69, 9.17) is 11.6 Å². The van der Waals surface area contributed by atoms with Crippen molar-refractivity contribution in [1.82, 2.24) is 0 Å². The lowest BCUT2D eigenvalue weighted by Crippen LogP contribution is -2.19. The molecule has 0 heterocycles. The minimum Gasteiger partial charge on any atom is -0.320 e. The molecule has 2 aromatic rings. The average molecular weight is 296 g/mol. The number of amides is 1. The highest BCUT2D eigenvalue weighted by atomic mass is 35.5. The lowest BCUT2D eigenvalue weighted by atomic mass is 10.1. The third kappa shape index (κ3) is 2.96. The van der Waals surface area contributed by atoms with Gasteiger partial charge in [0.2, 0.25) is 5.91 Å². The van der Waals surface area contributed by atoms with E-state index in [2.05, 4.69) is 5.32 Å². The van der Waals surface area contributed by atoms with Crippen molar-refractivity contribution in [3.05, 3.63) is 65.2 Å². The third-order valence-electron chi connectivity index (χ3n) is 2.85. The third-order valence-corrected chi connectivity index (χ3v) is 3.30. The number of hydrogen-bond acceptors (Lipinski definition) is 1. The Labute approximate surface area is 120 Å². The summed E-state index contributed by atoms with van der Waals surface area (Å²) in [5, 5.41) is 1.18. The molecule has 2 rings (SSSR count). The van der Waals surface area contributed by atoms with E-state index < -0.39 is 28.6 Å². The Morgan fingerprint density at radius 1 is 1.15 bits per heavy atom. The Morgan fingerprint density at radius 3 is 2.45 bits per heavy atom. The Hall–Kier alpha value is -1.94. The van der Waals surface area contributed by atoms with Gasteiger partial charge in [0.05, 0.1) is 0 Å². The smallest absolute Gasteiger partial charge is 0.247 e. The largest absolute Gasteiger partial charge is 0.320 e. The van der Waals surface area contributed by atoms with Gasteiger partial charge in [-0.15, -0.1) is 11.6 Å². The molecule has 20 heavy (non-hydrogen) atoms. The molecule has 0 saturated carbocycles. The van der Waals surface area contributed by atoms with Crippen LogP contribution in [0.25, 0.3) is 0 Å². The van der Waals surface area contributed by atoms with Crippen LogP contribution in [-0.2, 0) is 4.79 Å². The predicted octanol–water partition coefficient (Wildman–Crippen LogP) is 4.19. The first kappa shape index (κ1) is 14.5. The molecule has 0 fully saturated rings. The van der Waals surface area contributed by atoms with Gasteiger partial charge >= 0.3 is 0 Å². The van der Waals surface area contributed by atoms with Gasteiger partial charge in [0.25, 0.3) is 0 Å². The Kier molecular flexibility index (Phi) is 4.35. The summed E-state index contributed by atoms with van der Waals surface area (Å²) in [7, 11) is 0. The van der Waals surface area contributed by atoms with Gasteiger partial charge in [0, 0.05) is 0 Å². The van der Waals surface area contributed by atoms with Gasteiger partial charge in [-0.2, -0.15) is 0 Å². The zero-order valence-corrected chi connectivity index (χ0v) is 11.4. The SMILES string of the molecule is Cc1ccc(F)c(NC(=O)C(Cl)c2ccccc2)c1F. The van der Waals surface area contributed by atoms with Gasteiger partial charge in [-0.25, -0.2) is 8.78 Å². The van der Waals surface area contributed by atoms with Crippen LogP contribution in [0.1, 0.15) is 16.5 Å². The van der Waals surface area contributed by atoms with Crippen molar-refractivity contribution < 1.29 is 13.6 Å². The normalized spacial score (nSPS) is 12.0. The zero-order chi connectivity index (χ0) is 14.7. The topological polar surface area (TPSA) is 29.1 Å². The zero-order valence-electron chi connectivity index (χ0n) is 10.7. The van der Waals surface area contributed by atoms with Crippen LogP contribution < -0.4 is 5.32 Å². The molecule has 1 amide bonds. The van der Waals surface area contributed by atoms with Gasteiger partial charge in [0.1, 0.15) is 16.9 Å². The maximum atomic E-state index is 13.8. The van der Waals surface area contributed by atoms with Crippen molar-refractivity contribution in [2.24, 2.45) is 0 Å². The molecular formula is C15H12ClF2NO. The highest BCUT2D eigenvalue weighted by Gasteiger charge is 2.21. The van der Waals surface area contributed by atoms with E-state index in [0.717, 1.165) is 6.07 Å². The first-order chi connectivity index (χ1) is 9.50. The number of rotatable bonds is 3. The lowest BCUT2D eigenvalue weighted by Gasteiger charge is -2.13. The molecule has 104 valence electrons. The van der Waals surface area contributed by atoms with Gasteiger partial charge in [-0.05, 0) is 24.1 Å². The number of halogens is 3. The number of carbonyl (C=O) groups excluding carboxylic acids is 1. The minimum atomic E-state index is -1.02. The van der Waals surface area contributed by atoms with Gasteiger partial charge in [-0.1, -0.05) is 36.4 Å². The summed E-state index contributed by atoms with van der Waals surface area (Å²) in [6, 6.07) is 11.0. The summed E-state index contributed by atoms with van der Waals surface area (Å²) in [5.74, 6) is -2.31. The molecule has 0 spiro atoms. The molecular weight excluding hydrogens is 284 g/mol. The van der Waals surface area contributed by atoms with Crippen LogP contribution in [0, 0.1) is 18.6 Å².